The Balaban J connectivity index is 1.57. The van der Waals surface area contributed by atoms with E-state index in [0.29, 0.717) is 43.2 Å². The maximum Gasteiger partial charge on any atom is 0.224 e. The van der Waals surface area contributed by atoms with E-state index in [1.165, 1.54) is 0 Å². The molecule has 0 spiro atoms. The number of ether oxygens (including phenoxy) is 2. The summed E-state index contributed by atoms with van der Waals surface area (Å²) in [6.45, 7) is 3.05. The third-order valence-corrected chi connectivity index (χ3v) is 3.81. The van der Waals surface area contributed by atoms with Crippen LogP contribution in [0.1, 0.15) is 17.5 Å². The van der Waals surface area contributed by atoms with Gasteiger partial charge in [0.1, 0.15) is 13.2 Å². The van der Waals surface area contributed by atoms with Gasteiger partial charge < -0.3 is 20.5 Å². The molecule has 0 aliphatic carbocycles. The minimum absolute atomic E-state index is 0.0409. The maximum atomic E-state index is 12.1. The number of rotatable bonds is 4. The van der Waals surface area contributed by atoms with Crippen LogP contribution in [0.3, 0.4) is 0 Å². The molecule has 1 amide bonds. The first-order valence-corrected chi connectivity index (χ1v) is 7.66. The molecule has 3 N–H and O–H groups in total. The monoisotopic (exact) mass is 312 g/mol. The Kier molecular flexibility index (Phi) is 4.37. The molecule has 2 aromatic rings. The largest absolute Gasteiger partial charge is 0.486 e. The van der Waals surface area contributed by atoms with E-state index in [-0.39, 0.29) is 5.91 Å². The number of hydrogen-bond donors (Lipinski definition) is 2. The topological polar surface area (TPSA) is 73.6 Å². The third-order valence-electron chi connectivity index (χ3n) is 3.81. The number of fused-ring (bicyclic) bond motifs is 1. The van der Waals surface area contributed by atoms with E-state index in [1.807, 2.05) is 37.3 Å². The van der Waals surface area contributed by atoms with Crippen LogP contribution >= 0.6 is 0 Å². The van der Waals surface area contributed by atoms with Crippen LogP contribution in [-0.2, 0) is 11.2 Å². The highest BCUT2D eigenvalue weighted by Crippen LogP contribution is 2.32. The van der Waals surface area contributed by atoms with Crippen LogP contribution in [0.15, 0.2) is 36.4 Å². The van der Waals surface area contributed by atoms with Crippen LogP contribution in [0.4, 0.5) is 11.4 Å². The first kappa shape index (κ1) is 15.2. The Hall–Kier alpha value is -2.69. The molecule has 0 radical (unpaired) electrons. The van der Waals surface area contributed by atoms with Gasteiger partial charge in [-0.2, -0.15) is 0 Å². The molecule has 1 aliphatic rings. The third kappa shape index (κ3) is 3.74. The summed E-state index contributed by atoms with van der Waals surface area (Å²) in [5.41, 5.74) is 9.47. The second kappa shape index (κ2) is 6.60. The SMILES string of the molecule is Cc1ccc(CCC(=O)Nc2ccc3c(c2)OCCO3)cc1N. The summed E-state index contributed by atoms with van der Waals surface area (Å²) in [5, 5.41) is 2.88. The molecule has 0 aromatic heterocycles. The molecule has 3 rings (SSSR count). The van der Waals surface area contributed by atoms with Crippen LogP contribution in [0.5, 0.6) is 11.5 Å². The maximum absolute atomic E-state index is 12.1. The summed E-state index contributed by atoms with van der Waals surface area (Å²) in [5.74, 6) is 1.34. The highest BCUT2D eigenvalue weighted by atomic mass is 16.6. The fourth-order valence-corrected chi connectivity index (χ4v) is 2.45. The van der Waals surface area contributed by atoms with Crippen LogP contribution in [0.2, 0.25) is 0 Å². The zero-order chi connectivity index (χ0) is 16.2. The number of carbonyl (C=O) groups excluding carboxylic acids is 1. The highest BCUT2D eigenvalue weighted by molar-refractivity contribution is 5.91. The molecule has 0 saturated heterocycles. The van der Waals surface area contributed by atoms with Crippen molar-refractivity contribution in [3.8, 4) is 11.5 Å². The van der Waals surface area contributed by atoms with Crippen molar-refractivity contribution in [2.24, 2.45) is 0 Å². The second-order valence-electron chi connectivity index (χ2n) is 5.60. The van der Waals surface area contributed by atoms with Crippen molar-refractivity contribution in [1.82, 2.24) is 0 Å². The van der Waals surface area contributed by atoms with E-state index in [1.54, 1.807) is 6.07 Å². The number of nitrogen functional groups attached to an aromatic ring is 1. The van der Waals surface area contributed by atoms with Crippen molar-refractivity contribution in [2.75, 3.05) is 24.3 Å². The van der Waals surface area contributed by atoms with Crippen LogP contribution in [0, 0.1) is 6.92 Å². The minimum Gasteiger partial charge on any atom is -0.486 e. The molecule has 0 fully saturated rings. The van der Waals surface area contributed by atoms with Crippen molar-refractivity contribution < 1.29 is 14.3 Å². The molecule has 23 heavy (non-hydrogen) atoms. The number of hydrogen-bond acceptors (Lipinski definition) is 4. The lowest BCUT2D eigenvalue weighted by molar-refractivity contribution is -0.116. The van der Waals surface area contributed by atoms with Crippen molar-refractivity contribution in [1.29, 1.82) is 0 Å². The molecule has 1 aliphatic heterocycles. The number of nitrogens with one attached hydrogen (secondary N) is 1. The molecule has 0 bridgehead atoms. The Bertz CT molecular complexity index is 728. The van der Waals surface area contributed by atoms with E-state index in [9.17, 15) is 4.79 Å². The van der Waals surface area contributed by atoms with Gasteiger partial charge in [-0.15, -0.1) is 0 Å². The summed E-state index contributed by atoms with van der Waals surface area (Å²) < 4.78 is 11.0. The van der Waals surface area contributed by atoms with Crippen LogP contribution in [0.25, 0.3) is 0 Å². The molecule has 5 heteroatoms. The zero-order valence-electron chi connectivity index (χ0n) is 13.1. The van der Waals surface area contributed by atoms with Gasteiger partial charge in [0.05, 0.1) is 0 Å². The standard InChI is InChI=1S/C18H20N2O3/c1-12-2-3-13(10-15(12)19)4-7-18(21)20-14-5-6-16-17(11-14)23-9-8-22-16/h2-3,5-6,10-11H,4,7-9,19H2,1H3,(H,20,21). The molecule has 120 valence electrons. The highest BCUT2D eigenvalue weighted by Gasteiger charge is 2.12. The van der Waals surface area contributed by atoms with Gasteiger partial charge in [-0.25, -0.2) is 0 Å². The summed E-state index contributed by atoms with van der Waals surface area (Å²) in [7, 11) is 0. The number of aryl methyl sites for hydroxylation is 2. The Morgan fingerprint density at radius 2 is 1.91 bits per heavy atom. The number of anilines is 2. The number of nitrogens with two attached hydrogens (primary N) is 1. The Labute approximate surface area is 135 Å². The molecule has 0 unspecified atom stereocenters. The van der Waals surface area contributed by atoms with E-state index in [4.69, 9.17) is 15.2 Å². The van der Waals surface area contributed by atoms with E-state index < -0.39 is 0 Å². The lowest BCUT2D eigenvalue weighted by Gasteiger charge is -2.19. The number of benzene rings is 2. The first-order valence-electron chi connectivity index (χ1n) is 7.66. The number of amides is 1. The van der Waals surface area contributed by atoms with Crippen molar-refractivity contribution in [3.05, 3.63) is 47.5 Å². The quantitative estimate of drug-likeness (QED) is 0.851. The van der Waals surface area contributed by atoms with E-state index in [2.05, 4.69) is 5.32 Å². The van der Waals surface area contributed by atoms with Gasteiger partial charge in [0.15, 0.2) is 11.5 Å². The predicted molar refractivity (Wildman–Crippen MR) is 90.0 cm³/mol. The Morgan fingerprint density at radius 1 is 1.13 bits per heavy atom. The smallest absolute Gasteiger partial charge is 0.224 e. The average Bonchev–Trinajstić information content (AvgIpc) is 2.56. The summed E-state index contributed by atoms with van der Waals surface area (Å²) in [4.78, 5) is 12.1. The summed E-state index contributed by atoms with van der Waals surface area (Å²) in [6.07, 6.45) is 1.05. The van der Waals surface area contributed by atoms with Crippen molar-refractivity contribution >= 4 is 17.3 Å². The fourth-order valence-electron chi connectivity index (χ4n) is 2.45. The molecular formula is C18H20N2O3. The van der Waals surface area contributed by atoms with Crippen LogP contribution < -0.4 is 20.5 Å². The van der Waals surface area contributed by atoms with Gasteiger partial charge in [-0.3, -0.25) is 4.79 Å². The first-order chi connectivity index (χ1) is 11.1. The van der Waals surface area contributed by atoms with Gasteiger partial charge in [0.25, 0.3) is 0 Å². The van der Waals surface area contributed by atoms with Gasteiger partial charge in [-0.05, 0) is 42.7 Å². The molecule has 0 saturated carbocycles. The lowest BCUT2D eigenvalue weighted by Crippen LogP contribution is -2.16. The minimum atomic E-state index is -0.0409. The predicted octanol–water partition coefficient (Wildman–Crippen LogP) is 2.92. The van der Waals surface area contributed by atoms with Gasteiger partial charge >= 0.3 is 0 Å². The Morgan fingerprint density at radius 3 is 2.70 bits per heavy atom. The lowest BCUT2D eigenvalue weighted by atomic mass is 10.1. The van der Waals surface area contributed by atoms with Gasteiger partial charge in [-0.1, -0.05) is 12.1 Å². The summed E-state index contributed by atoms with van der Waals surface area (Å²) in [6, 6.07) is 11.3. The zero-order valence-corrected chi connectivity index (χ0v) is 13.1. The van der Waals surface area contributed by atoms with E-state index >= 15 is 0 Å². The molecule has 1 heterocycles. The molecular weight excluding hydrogens is 292 g/mol. The summed E-state index contributed by atoms with van der Waals surface area (Å²) >= 11 is 0. The molecule has 2 aromatic carbocycles. The average molecular weight is 312 g/mol. The molecule has 0 atom stereocenters. The second-order valence-corrected chi connectivity index (χ2v) is 5.60. The van der Waals surface area contributed by atoms with Crippen molar-refractivity contribution in [3.63, 3.8) is 0 Å². The number of carbonyl (C=O) groups is 1. The molecule has 5 nitrogen and oxygen atoms in total. The van der Waals surface area contributed by atoms with E-state index in [0.717, 1.165) is 16.8 Å². The normalized spacial score (nSPS) is 12.7. The van der Waals surface area contributed by atoms with Crippen LogP contribution in [-0.4, -0.2) is 19.1 Å². The fraction of sp³-hybridized carbons (Fsp3) is 0.278. The van der Waals surface area contributed by atoms with Gasteiger partial charge in [0.2, 0.25) is 5.91 Å². The van der Waals surface area contributed by atoms with Crippen molar-refractivity contribution in [2.45, 2.75) is 19.8 Å². The van der Waals surface area contributed by atoms with Gasteiger partial charge in [0, 0.05) is 23.9 Å².